The van der Waals surface area contributed by atoms with Gasteiger partial charge in [-0.05, 0) is 69.4 Å². The second-order valence-corrected chi connectivity index (χ2v) is 6.33. The molecule has 0 aromatic heterocycles. The van der Waals surface area contributed by atoms with Gasteiger partial charge in [0.2, 0.25) is 0 Å². The van der Waals surface area contributed by atoms with E-state index in [1.54, 1.807) is 36.4 Å². The largest absolute Gasteiger partial charge is 1.00 e. The molecule has 0 fully saturated rings. The smallest absolute Gasteiger partial charge is 0.545 e. The fourth-order valence-electron chi connectivity index (χ4n) is 1.64. The zero-order chi connectivity index (χ0) is 14.7. The van der Waals surface area contributed by atoms with Crippen molar-refractivity contribution in [1.82, 2.24) is 0 Å². The number of carbonyl (C=O) groups is 2. The molecule has 2 rings (SSSR count). The molecule has 102 valence electrons. The number of amides is 1. The molecule has 21 heavy (non-hydrogen) atoms. The first-order valence-electron chi connectivity index (χ1n) is 5.56. The minimum Gasteiger partial charge on any atom is -0.545 e. The summed E-state index contributed by atoms with van der Waals surface area (Å²) in [4.78, 5) is 23.3. The summed E-state index contributed by atoms with van der Waals surface area (Å²) in [5.41, 5.74) is 0.705. The molecule has 4 nitrogen and oxygen atoms in total. The van der Waals surface area contributed by atoms with Crippen LogP contribution in [0.5, 0.6) is 0 Å². The van der Waals surface area contributed by atoms with Crippen LogP contribution in [0.1, 0.15) is 20.7 Å². The number of carboxylic acids is 1. The fraction of sp³-hybridized carbons (Fsp3) is 0. The summed E-state index contributed by atoms with van der Waals surface area (Å²) >= 11 is 4.00. The molecule has 1 N–H and O–H groups in total. The van der Waals surface area contributed by atoms with Gasteiger partial charge in [0.05, 0.1) is 11.7 Å². The van der Waals surface area contributed by atoms with Gasteiger partial charge >= 0.3 is 29.6 Å². The molecule has 0 radical (unpaired) electrons. The number of hydrogen-bond acceptors (Lipinski definition) is 3. The molecule has 0 aliphatic heterocycles. The van der Waals surface area contributed by atoms with Crippen molar-refractivity contribution < 1.29 is 44.3 Å². The molecule has 0 saturated heterocycles. The van der Waals surface area contributed by atoms with Crippen LogP contribution in [0.25, 0.3) is 0 Å². The standard InChI is InChI=1S/C14H9I2NO3.Na/c15-9-6-10(14(19)20)12(11(16)7-9)17-13(18)8-4-2-1-3-5-8;/h1-7H,(H,17,18)(H,19,20);/q;+1/p-1. The van der Waals surface area contributed by atoms with Crippen molar-refractivity contribution in [2.24, 2.45) is 0 Å². The van der Waals surface area contributed by atoms with Crippen molar-refractivity contribution in [3.05, 3.63) is 60.7 Å². The summed E-state index contributed by atoms with van der Waals surface area (Å²) < 4.78 is 1.42. The number of hydrogen-bond donors (Lipinski definition) is 1. The zero-order valence-electron chi connectivity index (χ0n) is 11.0. The van der Waals surface area contributed by atoms with E-state index in [9.17, 15) is 14.7 Å². The summed E-state index contributed by atoms with van der Waals surface area (Å²) in [5.74, 6) is -1.67. The Morgan fingerprint density at radius 2 is 1.67 bits per heavy atom. The Labute approximate surface area is 171 Å². The van der Waals surface area contributed by atoms with Gasteiger partial charge in [-0.2, -0.15) is 0 Å². The van der Waals surface area contributed by atoms with Crippen molar-refractivity contribution in [3.63, 3.8) is 0 Å². The van der Waals surface area contributed by atoms with Crippen LogP contribution in [-0.2, 0) is 0 Å². The molecule has 0 aliphatic carbocycles. The Balaban J connectivity index is 0.00000220. The normalized spacial score (nSPS) is 9.62. The number of halogens is 2. The van der Waals surface area contributed by atoms with Crippen LogP contribution in [-0.4, -0.2) is 11.9 Å². The van der Waals surface area contributed by atoms with E-state index in [4.69, 9.17) is 0 Å². The van der Waals surface area contributed by atoms with Gasteiger partial charge in [0.1, 0.15) is 0 Å². The third kappa shape index (κ3) is 4.92. The van der Waals surface area contributed by atoms with Crippen LogP contribution < -0.4 is 40.0 Å². The fourth-order valence-corrected chi connectivity index (χ4v) is 3.62. The first-order valence-corrected chi connectivity index (χ1v) is 7.71. The van der Waals surface area contributed by atoms with Crippen LogP contribution in [0, 0.1) is 7.14 Å². The van der Waals surface area contributed by atoms with Crippen LogP contribution in [0.15, 0.2) is 42.5 Å². The zero-order valence-corrected chi connectivity index (χ0v) is 17.3. The molecule has 0 heterocycles. The summed E-state index contributed by atoms with van der Waals surface area (Å²) in [5, 5.41) is 13.8. The summed E-state index contributed by atoms with van der Waals surface area (Å²) in [7, 11) is 0. The Hall–Kier alpha value is -0.160. The minimum absolute atomic E-state index is 0. The molecule has 0 bridgehead atoms. The van der Waals surface area contributed by atoms with Crippen molar-refractivity contribution in [2.75, 3.05) is 5.32 Å². The molecule has 0 unspecified atom stereocenters. The molecule has 1 amide bonds. The summed E-state index contributed by atoms with van der Waals surface area (Å²) in [6, 6.07) is 11.9. The number of carbonyl (C=O) groups excluding carboxylic acids is 2. The Morgan fingerprint density at radius 3 is 2.24 bits per heavy atom. The maximum Gasteiger partial charge on any atom is 1.00 e. The van der Waals surface area contributed by atoms with E-state index >= 15 is 0 Å². The van der Waals surface area contributed by atoms with Gasteiger partial charge in [-0.3, -0.25) is 4.79 Å². The Bertz CT molecular complexity index is 677. The van der Waals surface area contributed by atoms with Crippen LogP contribution in [0.2, 0.25) is 0 Å². The average molecular weight is 515 g/mol. The van der Waals surface area contributed by atoms with Gasteiger partial charge in [0.25, 0.3) is 5.91 Å². The molecule has 7 heteroatoms. The second-order valence-electron chi connectivity index (χ2n) is 3.92. The first-order chi connectivity index (χ1) is 9.49. The predicted octanol–water partition coefficient (Wildman–Crippen LogP) is -0.484. The van der Waals surface area contributed by atoms with Crippen molar-refractivity contribution in [3.8, 4) is 0 Å². The minimum atomic E-state index is -1.32. The monoisotopic (exact) mass is 515 g/mol. The molecule has 0 saturated carbocycles. The summed E-state index contributed by atoms with van der Waals surface area (Å²) in [6.07, 6.45) is 0. The molecule has 0 spiro atoms. The van der Waals surface area contributed by atoms with Gasteiger partial charge in [-0.15, -0.1) is 0 Å². The predicted molar refractivity (Wildman–Crippen MR) is 90.6 cm³/mol. The number of nitrogens with one attached hydrogen (secondary N) is 1. The average Bonchev–Trinajstić information content (AvgIpc) is 2.42. The van der Waals surface area contributed by atoms with E-state index in [-0.39, 0.29) is 46.7 Å². The van der Waals surface area contributed by atoms with Crippen LogP contribution in [0.4, 0.5) is 5.69 Å². The van der Waals surface area contributed by atoms with Gasteiger partial charge in [-0.25, -0.2) is 0 Å². The quantitative estimate of drug-likeness (QED) is 0.444. The van der Waals surface area contributed by atoms with Crippen LogP contribution >= 0.6 is 45.2 Å². The van der Waals surface area contributed by atoms with Gasteiger partial charge < -0.3 is 15.2 Å². The summed E-state index contributed by atoms with van der Waals surface area (Å²) in [6.45, 7) is 0. The number of aromatic carboxylic acids is 1. The number of carboxylic acid groups (broad SMARTS) is 1. The van der Waals surface area contributed by atoms with Gasteiger partial charge in [-0.1, -0.05) is 18.2 Å². The molecular formula is C14H8I2NNaO3. The maximum atomic E-state index is 12.1. The van der Waals surface area contributed by atoms with E-state index < -0.39 is 5.97 Å². The van der Waals surface area contributed by atoms with Gasteiger partial charge in [0.15, 0.2) is 0 Å². The van der Waals surface area contributed by atoms with E-state index in [0.29, 0.717) is 9.13 Å². The maximum absolute atomic E-state index is 12.1. The van der Waals surface area contributed by atoms with Crippen molar-refractivity contribution in [1.29, 1.82) is 0 Å². The molecular weight excluding hydrogens is 507 g/mol. The Morgan fingerprint density at radius 1 is 1.05 bits per heavy atom. The molecule has 0 aliphatic rings. The van der Waals surface area contributed by atoms with Crippen molar-refractivity contribution in [2.45, 2.75) is 0 Å². The molecule has 2 aromatic rings. The van der Waals surface area contributed by atoms with E-state index in [1.165, 1.54) is 6.07 Å². The van der Waals surface area contributed by atoms with Crippen LogP contribution in [0.3, 0.4) is 0 Å². The first kappa shape index (κ1) is 18.9. The van der Waals surface area contributed by atoms with E-state index in [1.807, 2.05) is 45.2 Å². The van der Waals surface area contributed by atoms with E-state index in [2.05, 4.69) is 5.32 Å². The number of rotatable bonds is 3. The molecule has 2 aromatic carbocycles. The second kappa shape index (κ2) is 8.47. The van der Waals surface area contributed by atoms with E-state index in [0.717, 1.165) is 3.57 Å². The Kier molecular flexibility index (Phi) is 7.62. The topological polar surface area (TPSA) is 69.2 Å². The van der Waals surface area contributed by atoms with Crippen molar-refractivity contribution >= 4 is 62.7 Å². The van der Waals surface area contributed by atoms with Gasteiger partial charge in [0, 0.05) is 18.3 Å². The third-order valence-corrected chi connectivity index (χ3v) is 4.02. The third-order valence-electron chi connectivity index (χ3n) is 2.55. The molecule has 0 atom stereocenters. The SMILES string of the molecule is O=C(Nc1c(I)cc(I)cc1C(=O)[O-])c1ccccc1.[Na+]. The number of benzene rings is 2. The number of anilines is 1.